The van der Waals surface area contributed by atoms with E-state index in [9.17, 15) is 0 Å². The maximum atomic E-state index is 4.98. The molecule has 0 saturated heterocycles. The molecule has 0 rings (SSSR count). The van der Waals surface area contributed by atoms with E-state index in [0.717, 1.165) is 26.1 Å². The average Bonchev–Trinajstić information content (AvgIpc) is 2.10. The Hall–Kier alpha value is -0.0800. The second-order valence-electron chi connectivity index (χ2n) is 3.06. The van der Waals surface area contributed by atoms with E-state index in [1.165, 1.54) is 25.7 Å². The second-order valence-corrected chi connectivity index (χ2v) is 3.06. The monoisotopic (exact) mass is 190 g/mol. The molecule has 0 radical (unpaired) electrons. The first-order valence-electron chi connectivity index (χ1n) is 5.16. The topological polar surface area (TPSA) is 18.5 Å². The Morgan fingerprint density at radius 3 is 1.38 bits per heavy atom. The lowest BCUT2D eigenvalue weighted by molar-refractivity contribution is -0.295. The van der Waals surface area contributed by atoms with Gasteiger partial charge in [0.25, 0.3) is 0 Å². The molecule has 0 saturated carbocycles. The van der Waals surface area contributed by atoms with E-state index < -0.39 is 0 Å². The Morgan fingerprint density at radius 2 is 1.08 bits per heavy atom. The molecule has 0 spiro atoms. The van der Waals surface area contributed by atoms with Crippen LogP contribution in [0.25, 0.3) is 0 Å². The molecule has 0 bridgehead atoms. The van der Waals surface area contributed by atoms with Crippen LogP contribution in [0.5, 0.6) is 0 Å². The Balaban J connectivity index is 0. The summed E-state index contributed by atoms with van der Waals surface area (Å²) in [4.78, 5) is 9.96. The van der Waals surface area contributed by atoms with Crippen molar-refractivity contribution in [3.63, 3.8) is 0 Å². The lowest BCUT2D eigenvalue weighted by Crippen LogP contribution is -1.98. The first-order valence-corrected chi connectivity index (χ1v) is 5.16. The molecule has 0 heterocycles. The largest absolute Gasteiger partial charge is 0.237 e. The van der Waals surface area contributed by atoms with Gasteiger partial charge in [-0.3, -0.25) is 0 Å². The molecule has 0 aliphatic heterocycles. The van der Waals surface area contributed by atoms with Gasteiger partial charge >= 0.3 is 0 Å². The van der Waals surface area contributed by atoms with Crippen molar-refractivity contribution in [1.82, 2.24) is 0 Å². The second kappa shape index (κ2) is 14.4. The Bertz CT molecular complexity index is 64.5. The van der Waals surface area contributed by atoms with Gasteiger partial charge in [-0.15, -0.1) is 0 Å². The van der Waals surface area contributed by atoms with Gasteiger partial charge in [-0.2, -0.15) is 0 Å². The van der Waals surface area contributed by atoms with Crippen molar-refractivity contribution >= 4 is 0 Å². The van der Waals surface area contributed by atoms with Gasteiger partial charge in [-0.1, -0.05) is 47.0 Å². The standard InChI is InChI=1S/C10H22O2.CH4/c1-3-5-7-9-11-12-10-8-6-4-2;/h3-10H2,1-2H3;1H4. The molecule has 0 aromatic heterocycles. The lowest BCUT2D eigenvalue weighted by Gasteiger charge is -2.02. The Kier molecular flexibility index (Phi) is 17.1. The van der Waals surface area contributed by atoms with Gasteiger partial charge in [-0.25, -0.2) is 9.78 Å². The van der Waals surface area contributed by atoms with Crippen LogP contribution in [0.3, 0.4) is 0 Å². The highest BCUT2D eigenvalue weighted by molar-refractivity contribution is 4.34. The quantitative estimate of drug-likeness (QED) is 0.311. The molecule has 0 unspecified atom stereocenters. The molecular formula is C11H26O2. The van der Waals surface area contributed by atoms with E-state index in [-0.39, 0.29) is 7.43 Å². The molecular weight excluding hydrogens is 164 g/mol. The maximum Gasteiger partial charge on any atom is 0.0822 e. The maximum absolute atomic E-state index is 4.98. The molecule has 82 valence electrons. The summed E-state index contributed by atoms with van der Waals surface area (Å²) in [6, 6.07) is 0. The van der Waals surface area contributed by atoms with E-state index >= 15 is 0 Å². The fourth-order valence-corrected chi connectivity index (χ4v) is 0.940. The molecule has 0 aliphatic rings. The molecule has 0 fully saturated rings. The summed E-state index contributed by atoms with van der Waals surface area (Å²) in [6.07, 6.45) is 7.17. The van der Waals surface area contributed by atoms with Crippen molar-refractivity contribution in [3.8, 4) is 0 Å². The summed E-state index contributed by atoms with van der Waals surface area (Å²) in [6.45, 7) is 5.87. The fraction of sp³-hybridized carbons (Fsp3) is 1.00. The number of hydrogen-bond acceptors (Lipinski definition) is 2. The van der Waals surface area contributed by atoms with Gasteiger partial charge in [0, 0.05) is 0 Å². The third-order valence-corrected chi connectivity index (χ3v) is 1.75. The predicted octanol–water partition coefficient (Wildman–Crippen LogP) is 3.95. The van der Waals surface area contributed by atoms with Crippen LogP contribution in [0.4, 0.5) is 0 Å². The van der Waals surface area contributed by atoms with Gasteiger partial charge in [-0.05, 0) is 12.8 Å². The molecule has 0 atom stereocenters. The summed E-state index contributed by atoms with van der Waals surface area (Å²) in [7, 11) is 0. The van der Waals surface area contributed by atoms with Crippen molar-refractivity contribution in [1.29, 1.82) is 0 Å². The van der Waals surface area contributed by atoms with E-state index in [4.69, 9.17) is 9.78 Å². The zero-order valence-corrected chi connectivity index (χ0v) is 8.47. The van der Waals surface area contributed by atoms with Crippen LogP contribution in [-0.4, -0.2) is 13.2 Å². The zero-order valence-electron chi connectivity index (χ0n) is 8.47. The predicted molar refractivity (Wildman–Crippen MR) is 57.7 cm³/mol. The summed E-state index contributed by atoms with van der Waals surface area (Å²) >= 11 is 0. The van der Waals surface area contributed by atoms with Crippen LogP contribution in [0, 0.1) is 0 Å². The summed E-state index contributed by atoms with van der Waals surface area (Å²) in [5, 5.41) is 0. The zero-order chi connectivity index (χ0) is 9.07. The number of unbranched alkanes of at least 4 members (excludes halogenated alkanes) is 4. The molecule has 0 N–H and O–H groups in total. The first-order chi connectivity index (χ1) is 5.91. The summed E-state index contributed by atoms with van der Waals surface area (Å²) < 4.78 is 0. The normalized spacial score (nSPS) is 9.69. The molecule has 2 heteroatoms. The Labute approximate surface area is 83.6 Å². The molecule has 0 aromatic carbocycles. The van der Waals surface area contributed by atoms with Crippen LogP contribution in [0.1, 0.15) is 59.8 Å². The van der Waals surface area contributed by atoms with E-state index in [1.54, 1.807) is 0 Å². The summed E-state index contributed by atoms with van der Waals surface area (Å²) in [5.74, 6) is 0. The van der Waals surface area contributed by atoms with Crippen LogP contribution in [0.15, 0.2) is 0 Å². The third-order valence-electron chi connectivity index (χ3n) is 1.75. The minimum Gasteiger partial charge on any atom is -0.237 e. The van der Waals surface area contributed by atoms with Gasteiger partial charge in [0.05, 0.1) is 13.2 Å². The van der Waals surface area contributed by atoms with Crippen LogP contribution >= 0.6 is 0 Å². The SMILES string of the molecule is C.CCCCCOOCCCCC. The van der Waals surface area contributed by atoms with E-state index in [0.29, 0.717) is 0 Å². The van der Waals surface area contributed by atoms with Crippen molar-refractivity contribution in [2.75, 3.05) is 13.2 Å². The smallest absolute Gasteiger partial charge is 0.0822 e. The molecule has 0 aliphatic carbocycles. The molecule has 0 aromatic rings. The molecule has 13 heavy (non-hydrogen) atoms. The minimum absolute atomic E-state index is 0. The highest BCUT2D eigenvalue weighted by atomic mass is 17.2. The van der Waals surface area contributed by atoms with Crippen molar-refractivity contribution in [2.45, 2.75) is 59.8 Å². The minimum atomic E-state index is 0. The first kappa shape index (κ1) is 15.4. The van der Waals surface area contributed by atoms with Gasteiger partial charge in [0.15, 0.2) is 0 Å². The highest BCUT2D eigenvalue weighted by Gasteiger charge is 1.89. The average molecular weight is 190 g/mol. The molecule has 0 amide bonds. The van der Waals surface area contributed by atoms with Crippen molar-refractivity contribution < 1.29 is 9.78 Å². The van der Waals surface area contributed by atoms with Gasteiger partial charge < -0.3 is 0 Å². The van der Waals surface area contributed by atoms with Crippen molar-refractivity contribution in [3.05, 3.63) is 0 Å². The highest BCUT2D eigenvalue weighted by Crippen LogP contribution is 1.97. The van der Waals surface area contributed by atoms with Gasteiger partial charge in [0.1, 0.15) is 0 Å². The van der Waals surface area contributed by atoms with Gasteiger partial charge in [0.2, 0.25) is 0 Å². The third kappa shape index (κ3) is 14.7. The fourth-order valence-electron chi connectivity index (χ4n) is 0.940. The molecule has 2 nitrogen and oxygen atoms in total. The number of rotatable bonds is 9. The van der Waals surface area contributed by atoms with Crippen LogP contribution in [-0.2, 0) is 9.78 Å². The van der Waals surface area contributed by atoms with Crippen LogP contribution < -0.4 is 0 Å². The van der Waals surface area contributed by atoms with E-state index in [1.807, 2.05) is 0 Å². The van der Waals surface area contributed by atoms with Crippen LogP contribution in [0.2, 0.25) is 0 Å². The Morgan fingerprint density at radius 1 is 0.692 bits per heavy atom. The number of hydrogen-bond donors (Lipinski definition) is 0. The van der Waals surface area contributed by atoms with Crippen molar-refractivity contribution in [2.24, 2.45) is 0 Å². The lowest BCUT2D eigenvalue weighted by atomic mass is 10.3. The van der Waals surface area contributed by atoms with E-state index in [2.05, 4.69) is 13.8 Å². The summed E-state index contributed by atoms with van der Waals surface area (Å²) in [5.41, 5.74) is 0.